The second-order valence-corrected chi connectivity index (χ2v) is 15.2. The van der Waals surface area contributed by atoms with Crippen molar-refractivity contribution in [2.24, 2.45) is 30.7 Å². The number of anilines is 3. The summed E-state index contributed by atoms with van der Waals surface area (Å²) in [5.41, 5.74) is 24.0. The summed E-state index contributed by atoms with van der Waals surface area (Å²) < 4.78 is 8.04. The van der Waals surface area contributed by atoms with E-state index in [1.165, 1.54) is 46.7 Å². The summed E-state index contributed by atoms with van der Waals surface area (Å²) in [6, 6.07) is 29.5. The molecule has 0 aliphatic carbocycles. The number of para-hydroxylation sites is 3. The summed E-state index contributed by atoms with van der Waals surface area (Å²) in [6.07, 6.45) is 4.16. The Labute approximate surface area is 405 Å². The Morgan fingerprint density at radius 1 is 0.458 bits per heavy atom. The first-order valence-electron chi connectivity index (χ1n) is 21.2. The van der Waals surface area contributed by atoms with Crippen molar-refractivity contribution >= 4 is 63.3 Å². The number of hydrogen-bond donors (Lipinski definition) is 3. The van der Waals surface area contributed by atoms with Crippen molar-refractivity contribution in [3.05, 3.63) is 155 Å². The lowest BCUT2D eigenvalue weighted by molar-refractivity contribution is 0.708. The number of azo groups is 3. The lowest BCUT2D eigenvalue weighted by atomic mass is 10.3. The van der Waals surface area contributed by atoms with Crippen LogP contribution in [0.2, 0.25) is 0 Å². The third-order valence-corrected chi connectivity index (χ3v) is 10.7. The smallest absolute Gasteiger partial charge is 0.259 e. The fourth-order valence-electron chi connectivity index (χ4n) is 7.16. The molecule has 72 heavy (non-hydrogen) atoms. The summed E-state index contributed by atoms with van der Waals surface area (Å²) in [4.78, 5) is 21.2. The Hall–Kier alpha value is -11.4. The van der Waals surface area contributed by atoms with E-state index in [1.807, 2.05) is 78.9 Å². The van der Waals surface area contributed by atoms with Gasteiger partial charge in [0, 0.05) is 0 Å². The van der Waals surface area contributed by atoms with Gasteiger partial charge in [0.1, 0.15) is 11.6 Å². The molecule has 10 rings (SSSR count). The van der Waals surface area contributed by atoms with Gasteiger partial charge in [-0.3, -0.25) is 0 Å². The van der Waals surface area contributed by atoms with Crippen LogP contribution in [-0.4, -0.2) is 73.6 Å². The first-order chi connectivity index (χ1) is 35.1. The Kier molecular flexibility index (Phi) is 11.3. The maximum Gasteiger partial charge on any atom is 0.259 e. The second kappa shape index (κ2) is 18.4. The van der Waals surface area contributed by atoms with Gasteiger partial charge < -0.3 is 17.2 Å². The topological polar surface area (TPSA) is 330 Å². The molecule has 7 aromatic heterocycles. The Morgan fingerprint density at radius 3 is 1.11 bits per heavy atom. The molecule has 7 heterocycles. The normalized spacial score (nSPS) is 11.5. The van der Waals surface area contributed by atoms with Gasteiger partial charge in [0.25, 0.3) is 29.2 Å². The highest BCUT2D eigenvalue weighted by atomic mass is 15.5. The number of nitrogen functional groups attached to an aromatic ring is 3. The van der Waals surface area contributed by atoms with Crippen molar-refractivity contribution in [2.75, 3.05) is 17.2 Å². The molecule has 27 heteroatoms. The summed E-state index contributed by atoms with van der Waals surface area (Å²) in [6.45, 7) is 20.4. The van der Waals surface area contributed by atoms with Crippen LogP contribution in [0.25, 0.3) is 44.6 Å². The van der Waals surface area contributed by atoms with Gasteiger partial charge in [-0.15, -0.1) is 30.7 Å². The number of nitrogens with two attached hydrogens (primary N) is 3. The molecule has 0 radical (unpaired) electrons. The highest BCUT2D eigenvalue weighted by Crippen LogP contribution is 2.38. The Bertz CT molecular complexity index is 3500. The van der Waals surface area contributed by atoms with Crippen molar-refractivity contribution < 1.29 is 0 Å². The van der Waals surface area contributed by atoms with Crippen molar-refractivity contribution in [1.82, 2.24) is 73.6 Å². The molecule has 0 aliphatic heterocycles. The quantitative estimate of drug-likeness (QED) is 0.0761. The van der Waals surface area contributed by atoms with Gasteiger partial charge in [0.2, 0.25) is 0 Å². The number of hydrogen-bond acceptors (Lipinski definition) is 19. The largest absolute Gasteiger partial charge is 0.382 e. The number of aryl methyl sites for hydroxylation is 3. The second-order valence-electron chi connectivity index (χ2n) is 15.2. The van der Waals surface area contributed by atoms with Crippen LogP contribution >= 0.6 is 0 Å². The number of nitriles is 1. The van der Waals surface area contributed by atoms with E-state index in [-0.39, 0.29) is 86.8 Å². The van der Waals surface area contributed by atoms with E-state index in [4.69, 9.17) is 45.3 Å². The van der Waals surface area contributed by atoms with Crippen LogP contribution in [0.4, 0.5) is 63.3 Å². The van der Waals surface area contributed by atoms with Crippen LogP contribution in [0.3, 0.4) is 0 Å². The van der Waals surface area contributed by atoms with Crippen LogP contribution in [0.1, 0.15) is 22.6 Å². The van der Waals surface area contributed by atoms with E-state index in [0.717, 1.165) is 0 Å². The van der Waals surface area contributed by atoms with Gasteiger partial charge >= 0.3 is 0 Å². The predicted molar refractivity (Wildman–Crippen MR) is 259 cm³/mol. The number of benzene rings is 3. The molecule has 0 unspecified atom stereocenters. The van der Waals surface area contributed by atoms with E-state index < -0.39 is 0 Å². The molecule has 0 fully saturated rings. The molecule has 0 saturated carbocycles. The monoisotopic (exact) mass is 951 g/mol. The minimum Gasteiger partial charge on any atom is -0.382 e. The van der Waals surface area contributed by atoms with Crippen molar-refractivity contribution in [1.29, 1.82) is 5.26 Å². The Morgan fingerprint density at radius 2 is 0.778 bits per heavy atom. The fraction of sp³-hybridized carbons (Fsp3) is 0.0667. The van der Waals surface area contributed by atoms with Crippen LogP contribution < -0.4 is 17.2 Å². The molecule has 0 saturated heterocycles. The number of nitrogens with zero attached hydrogens (tertiary/aromatic N) is 24. The molecule has 10 aromatic rings. The standard InChI is InChI=1S/C45H33N27/c1-25-34(58-61-40-28(21-46)22-52-67(40)29-15-9-6-10-16-29)37(47)70(64-25)43-55-44(71-38(48)35(26(2)65-71)59-62-41-32(50-4)23-53-68(41)30-17-11-7-12-18-30)57-45(56-43)72-39(49)36(27(3)66-72)60-63-42-33(51-5)24-54-69(42)31-19-13-8-14-20-31/h6-20,22-24H,47-49H2,1-3H3/b61-58?,62-59+,63-60?. The van der Waals surface area contributed by atoms with Gasteiger partial charge in [-0.25, -0.2) is 23.7 Å². The zero-order valence-corrected chi connectivity index (χ0v) is 37.9. The molecule has 27 nitrogen and oxygen atoms in total. The van der Waals surface area contributed by atoms with E-state index in [2.05, 4.69) is 77.0 Å². The zero-order chi connectivity index (χ0) is 50.0. The van der Waals surface area contributed by atoms with Gasteiger partial charge in [-0.2, -0.15) is 64.9 Å². The fourth-order valence-corrected chi connectivity index (χ4v) is 7.16. The van der Waals surface area contributed by atoms with Gasteiger partial charge in [-0.05, 0) is 57.2 Å². The molecular formula is C45H33N27. The SMILES string of the molecule is [C-]#[N+]c1cnn(-c2ccccc2)c1N=Nc1c(C)nn(-c2nc(-n3nc(C)c(N=Nc4c(C#N)cnn4-c4ccccc4)c3N)nc(-n3nc(C)c(/N=N/c4c([N+]#[C-])cnn4-c4ccccc4)c3N)n2)c1N. The third-order valence-electron chi connectivity index (χ3n) is 10.7. The van der Waals surface area contributed by atoms with Gasteiger partial charge in [0.15, 0.2) is 52.0 Å². The molecule has 0 bridgehead atoms. The van der Waals surface area contributed by atoms with Gasteiger partial charge in [-0.1, -0.05) is 54.6 Å². The zero-order valence-electron chi connectivity index (χ0n) is 37.9. The van der Waals surface area contributed by atoms with Crippen molar-refractivity contribution in [3.63, 3.8) is 0 Å². The molecular weight excluding hydrogens is 919 g/mol. The van der Waals surface area contributed by atoms with Gasteiger partial charge in [0.05, 0.1) is 65.9 Å². The maximum absolute atomic E-state index is 9.90. The average Bonchev–Trinajstić information content (AvgIpc) is 4.27. The van der Waals surface area contributed by atoms with Crippen molar-refractivity contribution in [2.45, 2.75) is 20.8 Å². The third kappa shape index (κ3) is 7.93. The highest BCUT2D eigenvalue weighted by Gasteiger charge is 2.25. The molecule has 0 amide bonds. The maximum atomic E-state index is 9.90. The lowest BCUT2D eigenvalue weighted by Crippen LogP contribution is -2.17. The van der Waals surface area contributed by atoms with E-state index in [1.54, 1.807) is 32.9 Å². The summed E-state index contributed by atoms with van der Waals surface area (Å²) >= 11 is 0. The predicted octanol–water partition coefficient (Wildman–Crippen LogP) is 8.88. The summed E-state index contributed by atoms with van der Waals surface area (Å²) in [5.74, 6) is -0.202. The molecule has 0 spiro atoms. The molecule has 3 aromatic carbocycles. The van der Waals surface area contributed by atoms with Crippen LogP contribution in [-0.2, 0) is 0 Å². The summed E-state index contributed by atoms with van der Waals surface area (Å²) in [7, 11) is 0. The lowest BCUT2D eigenvalue weighted by Gasteiger charge is -2.10. The first kappa shape index (κ1) is 44.4. The van der Waals surface area contributed by atoms with Crippen LogP contribution in [0.15, 0.2) is 140 Å². The average molecular weight is 952 g/mol. The van der Waals surface area contributed by atoms with E-state index in [0.29, 0.717) is 34.1 Å². The van der Waals surface area contributed by atoms with Crippen LogP contribution in [0, 0.1) is 45.2 Å². The molecule has 0 aliphatic rings. The minimum absolute atomic E-state index is 0.0540. The molecule has 6 N–H and O–H groups in total. The minimum atomic E-state index is -0.169. The van der Waals surface area contributed by atoms with E-state index in [9.17, 15) is 5.26 Å². The van der Waals surface area contributed by atoms with Crippen LogP contribution in [0.5, 0.6) is 0 Å². The van der Waals surface area contributed by atoms with Crippen molar-refractivity contribution in [3.8, 4) is 41.0 Å². The first-order valence-corrected chi connectivity index (χ1v) is 21.2. The number of rotatable bonds is 12. The number of aromatic nitrogens is 15. The Balaban J connectivity index is 1.09. The molecule has 348 valence electrons. The molecule has 0 atom stereocenters. The summed E-state index contributed by atoms with van der Waals surface area (Å²) in [5, 5.41) is 63.3. The highest BCUT2D eigenvalue weighted by molar-refractivity contribution is 5.69. The van der Waals surface area contributed by atoms with E-state index >= 15 is 0 Å².